The number of ether oxygens (including phenoxy) is 1. The van der Waals surface area contributed by atoms with E-state index in [1.54, 1.807) is 0 Å². The highest BCUT2D eigenvalue weighted by molar-refractivity contribution is 7.11. The van der Waals surface area contributed by atoms with Crippen LogP contribution in [0.5, 0.6) is 5.75 Å². The number of anilines is 2. The van der Waals surface area contributed by atoms with Crippen LogP contribution in [0.4, 0.5) is 10.8 Å². The Hall–Kier alpha value is -1.01. The van der Waals surface area contributed by atoms with Crippen molar-refractivity contribution in [3.8, 4) is 5.75 Å². The number of aromatic nitrogens is 1. The van der Waals surface area contributed by atoms with Crippen LogP contribution in [0.15, 0.2) is 0 Å². The molecule has 5 nitrogen and oxygen atoms in total. The predicted molar refractivity (Wildman–Crippen MR) is 76.6 cm³/mol. The third-order valence-corrected chi connectivity index (χ3v) is 3.92. The molecule has 0 spiro atoms. The maximum atomic E-state index is 5.90. The molecule has 2 N–H and O–H groups in total. The zero-order valence-electron chi connectivity index (χ0n) is 11.3. The summed E-state index contributed by atoms with van der Waals surface area (Å²) in [6.07, 6.45) is 1.28. The summed E-state index contributed by atoms with van der Waals surface area (Å²) in [5, 5.41) is 1.08. The van der Waals surface area contributed by atoms with Gasteiger partial charge < -0.3 is 20.3 Å². The lowest BCUT2D eigenvalue weighted by Crippen LogP contribution is -2.28. The molecule has 6 heteroatoms. The van der Waals surface area contributed by atoms with Crippen molar-refractivity contribution in [2.24, 2.45) is 0 Å². The van der Waals surface area contributed by atoms with Crippen molar-refractivity contribution >= 4 is 22.4 Å². The molecule has 18 heavy (non-hydrogen) atoms. The first-order valence-corrected chi connectivity index (χ1v) is 7.20. The van der Waals surface area contributed by atoms with Crippen LogP contribution in [0.2, 0.25) is 0 Å². The van der Waals surface area contributed by atoms with Crippen LogP contribution in [-0.4, -0.2) is 48.6 Å². The van der Waals surface area contributed by atoms with E-state index < -0.39 is 0 Å². The second kappa shape index (κ2) is 5.75. The fraction of sp³-hybridized carbons (Fsp3) is 0.750. The van der Waals surface area contributed by atoms with Gasteiger partial charge in [0.2, 0.25) is 0 Å². The summed E-state index contributed by atoms with van der Waals surface area (Å²) < 4.78 is 10.0. The van der Waals surface area contributed by atoms with Crippen molar-refractivity contribution in [3.05, 3.63) is 0 Å². The van der Waals surface area contributed by atoms with Gasteiger partial charge in [0.25, 0.3) is 0 Å². The van der Waals surface area contributed by atoms with E-state index in [-0.39, 0.29) is 6.10 Å². The van der Waals surface area contributed by atoms with Gasteiger partial charge in [-0.1, -0.05) is 0 Å². The summed E-state index contributed by atoms with van der Waals surface area (Å²) in [6.45, 7) is 8.28. The first kappa shape index (κ1) is 13.4. The Balaban J connectivity index is 2.16. The summed E-state index contributed by atoms with van der Waals surface area (Å²) in [5.74, 6) is 1.28. The zero-order chi connectivity index (χ0) is 13.1. The molecule has 0 saturated carbocycles. The van der Waals surface area contributed by atoms with E-state index >= 15 is 0 Å². The minimum Gasteiger partial charge on any atom is -0.484 e. The minimum atomic E-state index is 0.122. The van der Waals surface area contributed by atoms with Gasteiger partial charge in [0.15, 0.2) is 16.6 Å². The quantitative estimate of drug-likeness (QED) is 0.905. The lowest BCUT2D eigenvalue weighted by Gasteiger charge is -2.22. The Morgan fingerprint density at radius 1 is 1.28 bits per heavy atom. The maximum Gasteiger partial charge on any atom is 0.198 e. The predicted octanol–water partition coefficient (Wildman–Crippen LogP) is 1.65. The molecule has 1 aromatic rings. The van der Waals surface area contributed by atoms with Gasteiger partial charge in [-0.15, -0.1) is 0 Å². The first-order valence-electron chi connectivity index (χ1n) is 6.43. The van der Waals surface area contributed by atoms with E-state index in [0.717, 1.165) is 43.4 Å². The number of rotatable bonds is 3. The molecule has 102 valence electrons. The highest BCUT2D eigenvalue weighted by atomic mass is 32.1. The molecule has 0 bridgehead atoms. The number of likely N-dealkylation sites (N-methyl/N-ethyl adjacent to an activating group) is 1. The Bertz CT molecular complexity index is 393. The lowest BCUT2D eigenvalue weighted by molar-refractivity contribution is 0.245. The van der Waals surface area contributed by atoms with E-state index in [0.29, 0.717) is 5.82 Å². The summed E-state index contributed by atoms with van der Waals surface area (Å²) >= 11 is 1.44. The average Bonchev–Trinajstić information content (AvgIpc) is 2.53. The van der Waals surface area contributed by atoms with Gasteiger partial charge in [-0.25, -0.2) is 0 Å². The minimum absolute atomic E-state index is 0.122. The maximum absolute atomic E-state index is 5.90. The molecular formula is C12H22N4OS. The van der Waals surface area contributed by atoms with Crippen LogP contribution in [0, 0.1) is 0 Å². The van der Waals surface area contributed by atoms with Crippen LogP contribution >= 0.6 is 11.5 Å². The Morgan fingerprint density at radius 2 is 2.06 bits per heavy atom. The Labute approximate surface area is 113 Å². The molecule has 0 radical (unpaired) electrons. The highest BCUT2D eigenvalue weighted by Crippen LogP contribution is 2.39. The van der Waals surface area contributed by atoms with Gasteiger partial charge in [-0.2, -0.15) is 4.37 Å². The molecule has 0 amide bonds. The molecular weight excluding hydrogens is 248 g/mol. The van der Waals surface area contributed by atoms with Crippen molar-refractivity contribution in [1.29, 1.82) is 0 Å². The molecule has 1 aliphatic heterocycles. The molecule has 1 fully saturated rings. The zero-order valence-corrected chi connectivity index (χ0v) is 12.2. The van der Waals surface area contributed by atoms with E-state index in [9.17, 15) is 0 Å². The number of nitrogens with two attached hydrogens (primary N) is 1. The van der Waals surface area contributed by atoms with E-state index in [1.807, 2.05) is 13.8 Å². The smallest absolute Gasteiger partial charge is 0.198 e. The molecule has 1 aromatic heterocycles. The second-order valence-corrected chi connectivity index (χ2v) is 5.76. The molecule has 1 saturated heterocycles. The first-order chi connectivity index (χ1) is 8.58. The van der Waals surface area contributed by atoms with Crippen molar-refractivity contribution in [1.82, 2.24) is 9.27 Å². The van der Waals surface area contributed by atoms with Gasteiger partial charge in [0.05, 0.1) is 6.10 Å². The van der Waals surface area contributed by atoms with E-state index in [1.165, 1.54) is 11.5 Å². The topological polar surface area (TPSA) is 54.6 Å². The summed E-state index contributed by atoms with van der Waals surface area (Å²) in [7, 11) is 2.16. The standard InChI is InChI=1S/C12H22N4OS/c1-9(2)17-10-11(13)14-18-12(10)16-6-4-5-15(3)7-8-16/h9H,4-8H2,1-3H3,(H2,13,14). The van der Waals surface area contributed by atoms with Crippen molar-refractivity contribution in [3.63, 3.8) is 0 Å². The third kappa shape index (κ3) is 3.05. The SMILES string of the molecule is CC(C)Oc1c(N)nsc1N1CCCN(C)CC1. The van der Waals surface area contributed by atoms with Crippen molar-refractivity contribution in [2.75, 3.05) is 43.9 Å². The second-order valence-electron chi connectivity index (χ2n) is 5.01. The molecule has 0 atom stereocenters. The lowest BCUT2D eigenvalue weighted by atomic mass is 10.4. The molecule has 0 aliphatic carbocycles. The Morgan fingerprint density at radius 3 is 2.78 bits per heavy atom. The molecule has 2 rings (SSSR count). The summed E-state index contributed by atoms with van der Waals surface area (Å²) in [6, 6.07) is 0. The van der Waals surface area contributed by atoms with Crippen LogP contribution in [0.3, 0.4) is 0 Å². The number of nitrogens with zero attached hydrogens (tertiary/aromatic N) is 3. The largest absolute Gasteiger partial charge is 0.484 e. The third-order valence-electron chi connectivity index (χ3n) is 3.02. The van der Waals surface area contributed by atoms with Crippen molar-refractivity contribution in [2.45, 2.75) is 26.4 Å². The van der Waals surface area contributed by atoms with Gasteiger partial charge in [0, 0.05) is 19.6 Å². The van der Waals surface area contributed by atoms with Gasteiger partial charge >= 0.3 is 0 Å². The van der Waals surface area contributed by atoms with Gasteiger partial charge in [-0.05, 0) is 45.4 Å². The number of hydrogen-bond donors (Lipinski definition) is 1. The highest BCUT2D eigenvalue weighted by Gasteiger charge is 2.21. The van der Waals surface area contributed by atoms with Crippen LogP contribution in [0.25, 0.3) is 0 Å². The van der Waals surface area contributed by atoms with Crippen LogP contribution < -0.4 is 15.4 Å². The van der Waals surface area contributed by atoms with Crippen LogP contribution in [-0.2, 0) is 0 Å². The van der Waals surface area contributed by atoms with Crippen molar-refractivity contribution < 1.29 is 4.74 Å². The number of hydrogen-bond acceptors (Lipinski definition) is 6. The monoisotopic (exact) mass is 270 g/mol. The molecule has 0 aromatic carbocycles. The Kier molecular flexibility index (Phi) is 4.29. The molecule has 1 aliphatic rings. The average molecular weight is 270 g/mol. The summed E-state index contributed by atoms with van der Waals surface area (Å²) in [4.78, 5) is 4.70. The summed E-state index contributed by atoms with van der Waals surface area (Å²) in [5.41, 5.74) is 5.90. The molecule has 2 heterocycles. The fourth-order valence-corrected chi connectivity index (χ4v) is 2.88. The fourth-order valence-electron chi connectivity index (χ4n) is 2.08. The normalized spacial score (nSPS) is 18.1. The van der Waals surface area contributed by atoms with Crippen LogP contribution in [0.1, 0.15) is 20.3 Å². The van der Waals surface area contributed by atoms with Gasteiger partial charge in [-0.3, -0.25) is 0 Å². The van der Waals surface area contributed by atoms with E-state index in [2.05, 4.69) is 21.2 Å². The van der Waals surface area contributed by atoms with Gasteiger partial charge in [0.1, 0.15) is 0 Å². The number of nitrogen functional groups attached to an aromatic ring is 1. The molecule has 0 unspecified atom stereocenters. The van der Waals surface area contributed by atoms with E-state index in [4.69, 9.17) is 10.5 Å².